The highest BCUT2D eigenvalue weighted by molar-refractivity contribution is 5.98. The molecule has 1 saturated heterocycles. The van der Waals surface area contributed by atoms with Crippen LogP contribution in [0.15, 0.2) is 30.5 Å². The third-order valence-electron chi connectivity index (χ3n) is 4.70. The van der Waals surface area contributed by atoms with Gasteiger partial charge >= 0.3 is 12.1 Å². The van der Waals surface area contributed by atoms with Crippen molar-refractivity contribution in [3.63, 3.8) is 0 Å². The molecule has 9 heteroatoms. The Hall–Kier alpha value is -2.68. The minimum absolute atomic E-state index is 0.0196. The average Bonchev–Trinajstić information content (AvgIpc) is 3.09. The van der Waals surface area contributed by atoms with E-state index < -0.39 is 17.7 Å². The number of carboxylic acids is 1. The van der Waals surface area contributed by atoms with Crippen LogP contribution in [-0.4, -0.2) is 45.0 Å². The summed E-state index contributed by atoms with van der Waals surface area (Å²) in [6.45, 7) is 1.47. The van der Waals surface area contributed by atoms with Crippen molar-refractivity contribution in [2.75, 3.05) is 13.1 Å². The molecule has 1 aromatic heterocycles. The van der Waals surface area contributed by atoms with Gasteiger partial charge in [-0.1, -0.05) is 12.1 Å². The number of nitrogens with one attached hydrogen (secondary N) is 1. The van der Waals surface area contributed by atoms with Crippen molar-refractivity contribution in [3.05, 3.63) is 52.8 Å². The summed E-state index contributed by atoms with van der Waals surface area (Å²) in [5, 5.41) is 15.3. The van der Waals surface area contributed by atoms with E-state index in [-0.39, 0.29) is 23.0 Å². The average molecular weight is 381 g/mol. The summed E-state index contributed by atoms with van der Waals surface area (Å²) >= 11 is 0. The monoisotopic (exact) mass is 381 g/mol. The number of carboxylic acid groups (broad SMARTS) is 1. The van der Waals surface area contributed by atoms with Crippen molar-refractivity contribution < 1.29 is 27.9 Å². The summed E-state index contributed by atoms with van der Waals surface area (Å²) in [6, 6.07) is 4.25. The Kier molecular flexibility index (Phi) is 5.31. The van der Waals surface area contributed by atoms with E-state index in [9.17, 15) is 22.8 Å². The van der Waals surface area contributed by atoms with Gasteiger partial charge in [0.05, 0.1) is 11.8 Å². The van der Waals surface area contributed by atoms with Gasteiger partial charge in [-0.3, -0.25) is 14.8 Å². The lowest BCUT2D eigenvalue weighted by molar-refractivity contribution is -0.137. The third kappa shape index (κ3) is 4.36. The van der Waals surface area contributed by atoms with Crippen LogP contribution >= 0.6 is 0 Å². The van der Waals surface area contributed by atoms with Crippen LogP contribution in [0.25, 0.3) is 0 Å². The van der Waals surface area contributed by atoms with Crippen molar-refractivity contribution in [1.82, 2.24) is 15.1 Å². The Morgan fingerprint density at radius 3 is 2.59 bits per heavy atom. The van der Waals surface area contributed by atoms with E-state index in [4.69, 9.17) is 5.11 Å². The predicted octanol–water partition coefficient (Wildman–Crippen LogP) is 3.22. The molecule has 1 aliphatic rings. The number of alkyl halides is 3. The fourth-order valence-electron chi connectivity index (χ4n) is 3.33. The number of nitrogens with zero attached hydrogens (tertiary/aromatic N) is 2. The molecule has 144 valence electrons. The van der Waals surface area contributed by atoms with Gasteiger partial charge < -0.3 is 5.11 Å². The molecule has 27 heavy (non-hydrogen) atoms. The predicted molar refractivity (Wildman–Crippen MR) is 89.3 cm³/mol. The van der Waals surface area contributed by atoms with E-state index in [1.165, 1.54) is 18.3 Å². The third-order valence-corrected chi connectivity index (χ3v) is 4.70. The molecule has 2 heterocycles. The minimum atomic E-state index is -4.43. The maximum absolute atomic E-state index is 12.7. The number of carbonyl (C=O) groups excluding carboxylic acids is 1. The molecule has 0 bridgehead atoms. The van der Waals surface area contributed by atoms with Crippen LogP contribution in [0.4, 0.5) is 13.2 Å². The first kappa shape index (κ1) is 19.1. The Morgan fingerprint density at radius 1 is 1.26 bits per heavy atom. The Labute approximate surface area is 153 Å². The number of aromatic nitrogens is 2. The lowest BCUT2D eigenvalue weighted by Crippen LogP contribution is -2.38. The van der Waals surface area contributed by atoms with Crippen LogP contribution in [0.3, 0.4) is 0 Å². The molecule has 3 rings (SSSR count). The van der Waals surface area contributed by atoms with Crippen LogP contribution in [0, 0.1) is 5.92 Å². The molecule has 1 atom stereocenters. The highest BCUT2D eigenvalue weighted by Crippen LogP contribution is 2.30. The zero-order chi connectivity index (χ0) is 19.6. The summed E-state index contributed by atoms with van der Waals surface area (Å²) in [5.41, 5.74) is 0.0196. The molecule has 1 fully saturated rings. The number of hydrogen-bond donors (Lipinski definition) is 2. The van der Waals surface area contributed by atoms with Gasteiger partial charge in [0.25, 0.3) is 0 Å². The number of ketones is 1. The van der Waals surface area contributed by atoms with Crippen molar-refractivity contribution in [3.8, 4) is 0 Å². The zero-order valence-corrected chi connectivity index (χ0v) is 14.3. The number of rotatable bonds is 5. The molecule has 1 aromatic carbocycles. The van der Waals surface area contributed by atoms with E-state index in [2.05, 4.69) is 10.2 Å². The maximum Gasteiger partial charge on any atom is 0.416 e. The van der Waals surface area contributed by atoms with Gasteiger partial charge in [0.2, 0.25) is 0 Å². The highest BCUT2D eigenvalue weighted by Gasteiger charge is 2.31. The number of H-pyrrole nitrogens is 1. The zero-order valence-electron chi connectivity index (χ0n) is 14.3. The normalized spacial score (nSPS) is 18.4. The summed E-state index contributed by atoms with van der Waals surface area (Å²) < 4.78 is 38.0. The molecule has 2 aromatic rings. The number of benzene rings is 1. The van der Waals surface area contributed by atoms with E-state index in [1.54, 1.807) is 0 Å². The van der Waals surface area contributed by atoms with Gasteiger partial charge in [-0.25, -0.2) is 4.79 Å². The first-order valence-corrected chi connectivity index (χ1v) is 8.45. The molecule has 0 unspecified atom stereocenters. The van der Waals surface area contributed by atoms with Gasteiger partial charge in [0.15, 0.2) is 5.78 Å². The number of aromatic carboxylic acids is 1. The first-order chi connectivity index (χ1) is 12.8. The number of hydrogen-bond acceptors (Lipinski definition) is 4. The smallest absolute Gasteiger partial charge is 0.416 e. The second-order valence-electron chi connectivity index (χ2n) is 6.59. The molecular weight excluding hydrogens is 363 g/mol. The van der Waals surface area contributed by atoms with Crippen molar-refractivity contribution in [2.24, 2.45) is 5.92 Å². The summed E-state index contributed by atoms with van der Waals surface area (Å²) in [7, 11) is 0. The van der Waals surface area contributed by atoms with Gasteiger partial charge in [0, 0.05) is 30.1 Å². The molecule has 6 nitrogen and oxygen atoms in total. The lowest BCUT2D eigenvalue weighted by Gasteiger charge is -2.31. The van der Waals surface area contributed by atoms with E-state index in [0.717, 1.165) is 18.6 Å². The standard InChI is InChI=1S/C18H18F3N3O3/c19-18(20,21)14-5-3-11(4-6-14)16(25)12-2-1-7-24(9-12)10-13-8-22-23-15(13)17(26)27/h3-6,8,12H,1-2,7,9-10H2,(H,22,23)(H,26,27)/t12-/m1/s1. The lowest BCUT2D eigenvalue weighted by atomic mass is 9.89. The molecule has 0 radical (unpaired) electrons. The number of Topliss-reactive ketones (excluding diaryl/α,β-unsaturated/α-hetero) is 1. The number of likely N-dealkylation sites (tertiary alicyclic amines) is 1. The molecule has 1 aliphatic heterocycles. The Bertz CT molecular complexity index is 830. The van der Waals surface area contributed by atoms with Crippen molar-refractivity contribution >= 4 is 11.8 Å². The van der Waals surface area contributed by atoms with Gasteiger partial charge in [-0.15, -0.1) is 0 Å². The van der Waals surface area contributed by atoms with E-state index >= 15 is 0 Å². The Balaban J connectivity index is 1.67. The summed E-state index contributed by atoms with van der Waals surface area (Å²) in [6.07, 6.45) is -1.59. The topological polar surface area (TPSA) is 86.3 Å². The molecule has 0 saturated carbocycles. The highest BCUT2D eigenvalue weighted by atomic mass is 19.4. The minimum Gasteiger partial charge on any atom is -0.477 e. The molecule has 0 aliphatic carbocycles. The van der Waals surface area contributed by atoms with E-state index in [1.807, 2.05) is 4.90 Å². The Morgan fingerprint density at radius 2 is 1.96 bits per heavy atom. The van der Waals surface area contributed by atoms with Crippen LogP contribution in [0.1, 0.15) is 44.8 Å². The quantitative estimate of drug-likeness (QED) is 0.777. The maximum atomic E-state index is 12.7. The molecule has 2 N–H and O–H groups in total. The fraction of sp³-hybridized carbons (Fsp3) is 0.389. The fourth-order valence-corrected chi connectivity index (χ4v) is 3.33. The molecule has 0 spiro atoms. The second-order valence-corrected chi connectivity index (χ2v) is 6.59. The van der Waals surface area contributed by atoms with Crippen molar-refractivity contribution in [1.29, 1.82) is 0 Å². The number of piperidine rings is 1. The number of aromatic amines is 1. The molecular formula is C18H18F3N3O3. The summed E-state index contributed by atoms with van der Waals surface area (Å²) in [5.74, 6) is -1.63. The largest absolute Gasteiger partial charge is 0.477 e. The first-order valence-electron chi connectivity index (χ1n) is 8.45. The number of carbonyl (C=O) groups is 2. The van der Waals surface area contributed by atoms with Gasteiger partial charge in [0.1, 0.15) is 5.69 Å². The van der Waals surface area contributed by atoms with Crippen LogP contribution in [0.2, 0.25) is 0 Å². The SMILES string of the molecule is O=C(O)c1[nH]ncc1CN1CCC[C@@H](C(=O)c2ccc(C(F)(F)F)cc2)C1. The van der Waals surface area contributed by atoms with Crippen LogP contribution in [-0.2, 0) is 12.7 Å². The van der Waals surface area contributed by atoms with Crippen LogP contribution < -0.4 is 0 Å². The van der Waals surface area contributed by atoms with Crippen LogP contribution in [0.5, 0.6) is 0 Å². The van der Waals surface area contributed by atoms with Gasteiger partial charge in [-0.05, 0) is 31.5 Å². The summed E-state index contributed by atoms with van der Waals surface area (Å²) in [4.78, 5) is 25.8. The van der Waals surface area contributed by atoms with Gasteiger partial charge in [-0.2, -0.15) is 18.3 Å². The van der Waals surface area contributed by atoms with Crippen molar-refractivity contribution in [2.45, 2.75) is 25.6 Å². The number of halogens is 3. The van der Waals surface area contributed by atoms with E-state index in [0.29, 0.717) is 31.6 Å². The second kappa shape index (κ2) is 7.51. The molecule has 0 amide bonds.